The normalized spacial score (nSPS) is 28.5. The molecule has 5 heteroatoms. The molecule has 1 fully saturated rings. The molecular weight excluding hydrogens is 172 g/mol. The Kier molecular flexibility index (Phi) is 4.14. The van der Waals surface area contributed by atoms with Gasteiger partial charge in [-0.15, -0.1) is 0 Å². The molecule has 0 aromatic heterocycles. The lowest BCUT2D eigenvalue weighted by Gasteiger charge is -2.28. The third-order valence-corrected chi connectivity index (χ3v) is 2.26. The molecule has 2 atom stereocenters. The number of hydrogen-bond donors (Lipinski definition) is 3. The smallest absolute Gasteiger partial charge is 0.239 e. The zero-order valence-electron chi connectivity index (χ0n) is 7.75. The average Bonchev–Trinajstić information content (AvgIpc) is 2.18. The summed E-state index contributed by atoms with van der Waals surface area (Å²) in [6.45, 7) is 0.469. The Balaban J connectivity index is 2.37. The van der Waals surface area contributed by atoms with Crippen LogP contribution in [-0.4, -0.2) is 43.5 Å². The molecule has 3 N–H and O–H groups in total. The Bertz CT molecular complexity index is 175. The fourth-order valence-electron chi connectivity index (χ4n) is 1.50. The maximum absolute atomic E-state index is 11.3. The highest BCUT2D eigenvalue weighted by Gasteiger charge is 2.26. The van der Waals surface area contributed by atoms with Gasteiger partial charge in [0, 0.05) is 7.11 Å². The van der Waals surface area contributed by atoms with E-state index >= 15 is 0 Å². The van der Waals surface area contributed by atoms with Crippen LogP contribution in [-0.2, 0) is 9.53 Å². The second-order valence-corrected chi connectivity index (χ2v) is 3.09. The molecule has 0 aromatic carbocycles. The van der Waals surface area contributed by atoms with E-state index in [1.165, 1.54) is 0 Å². The maximum Gasteiger partial charge on any atom is 0.239 e. The Morgan fingerprint density at radius 3 is 3.15 bits per heavy atom. The van der Waals surface area contributed by atoms with Crippen LogP contribution >= 0.6 is 0 Å². The Labute approximate surface area is 77.5 Å². The number of amides is 1. The number of carbonyl (C=O) groups excluding carboxylic acids is 1. The van der Waals surface area contributed by atoms with Crippen LogP contribution in [0.1, 0.15) is 12.8 Å². The Morgan fingerprint density at radius 1 is 1.77 bits per heavy atom. The van der Waals surface area contributed by atoms with Gasteiger partial charge in [0.1, 0.15) is 6.73 Å². The van der Waals surface area contributed by atoms with Crippen molar-refractivity contribution in [3.63, 3.8) is 0 Å². The summed E-state index contributed by atoms with van der Waals surface area (Å²) in [6, 6.07) is -0.231. The fraction of sp³-hybridized carbons (Fsp3) is 0.875. The number of aliphatic hydroxyl groups excluding tert-OH is 1. The van der Waals surface area contributed by atoms with Gasteiger partial charge in [-0.05, 0) is 19.4 Å². The zero-order valence-corrected chi connectivity index (χ0v) is 7.75. The van der Waals surface area contributed by atoms with Crippen LogP contribution in [0.2, 0.25) is 0 Å². The van der Waals surface area contributed by atoms with Gasteiger partial charge in [0.25, 0.3) is 0 Å². The van der Waals surface area contributed by atoms with Crippen molar-refractivity contribution in [1.82, 2.24) is 10.6 Å². The van der Waals surface area contributed by atoms with Crippen LogP contribution < -0.4 is 10.6 Å². The molecule has 1 heterocycles. The lowest BCUT2D eigenvalue weighted by atomic mass is 10.0. The fourth-order valence-corrected chi connectivity index (χ4v) is 1.50. The van der Waals surface area contributed by atoms with Crippen molar-refractivity contribution in [2.45, 2.75) is 25.0 Å². The molecule has 1 aliphatic rings. The number of rotatable bonds is 3. The monoisotopic (exact) mass is 188 g/mol. The number of carbonyl (C=O) groups is 1. The van der Waals surface area contributed by atoms with Gasteiger partial charge >= 0.3 is 0 Å². The van der Waals surface area contributed by atoms with E-state index in [1.807, 2.05) is 0 Å². The van der Waals surface area contributed by atoms with Gasteiger partial charge in [0.05, 0.1) is 12.1 Å². The van der Waals surface area contributed by atoms with Crippen molar-refractivity contribution in [3.8, 4) is 0 Å². The van der Waals surface area contributed by atoms with E-state index in [4.69, 9.17) is 9.84 Å². The van der Waals surface area contributed by atoms with Crippen molar-refractivity contribution < 1.29 is 14.6 Å². The van der Waals surface area contributed by atoms with Crippen molar-refractivity contribution in [2.24, 2.45) is 0 Å². The summed E-state index contributed by atoms with van der Waals surface area (Å²) in [5.41, 5.74) is 0. The molecule has 0 radical (unpaired) electrons. The van der Waals surface area contributed by atoms with Gasteiger partial charge < -0.3 is 20.5 Å². The van der Waals surface area contributed by atoms with Crippen molar-refractivity contribution in [1.29, 1.82) is 0 Å². The molecule has 0 spiro atoms. The summed E-state index contributed by atoms with van der Waals surface area (Å²) in [7, 11) is 1.65. The SMILES string of the molecule is COC1CCNC(C(=O)NCO)C1. The van der Waals surface area contributed by atoms with E-state index < -0.39 is 0 Å². The van der Waals surface area contributed by atoms with Crippen molar-refractivity contribution in [2.75, 3.05) is 20.4 Å². The molecule has 1 amide bonds. The molecule has 5 nitrogen and oxygen atoms in total. The van der Waals surface area contributed by atoms with Crippen molar-refractivity contribution in [3.05, 3.63) is 0 Å². The molecule has 76 valence electrons. The number of ether oxygens (including phenoxy) is 1. The van der Waals surface area contributed by atoms with Crippen LogP contribution in [0.25, 0.3) is 0 Å². The lowest BCUT2D eigenvalue weighted by Crippen LogP contribution is -2.50. The molecule has 1 aliphatic heterocycles. The average molecular weight is 188 g/mol. The molecule has 0 aliphatic carbocycles. The first-order valence-electron chi connectivity index (χ1n) is 4.42. The number of piperidine rings is 1. The van der Waals surface area contributed by atoms with E-state index in [1.54, 1.807) is 7.11 Å². The molecular formula is C8H16N2O3. The lowest BCUT2D eigenvalue weighted by molar-refractivity contribution is -0.126. The summed E-state index contributed by atoms with van der Waals surface area (Å²) in [5.74, 6) is -0.163. The molecule has 0 saturated carbocycles. The maximum atomic E-state index is 11.3. The molecule has 1 rings (SSSR count). The topological polar surface area (TPSA) is 70.6 Å². The first-order chi connectivity index (χ1) is 6.27. The Morgan fingerprint density at radius 2 is 2.54 bits per heavy atom. The van der Waals surface area contributed by atoms with Crippen LogP contribution in [0.5, 0.6) is 0 Å². The van der Waals surface area contributed by atoms with E-state index in [9.17, 15) is 4.79 Å². The van der Waals surface area contributed by atoms with Gasteiger partial charge in [0.15, 0.2) is 0 Å². The minimum Gasteiger partial charge on any atom is -0.381 e. The number of aliphatic hydroxyl groups is 1. The van der Waals surface area contributed by atoms with Crippen LogP contribution in [0, 0.1) is 0 Å². The molecule has 1 saturated heterocycles. The van der Waals surface area contributed by atoms with Gasteiger partial charge in [0.2, 0.25) is 5.91 Å². The van der Waals surface area contributed by atoms with Gasteiger partial charge in [-0.1, -0.05) is 0 Å². The Hall–Kier alpha value is -0.650. The largest absolute Gasteiger partial charge is 0.381 e. The summed E-state index contributed by atoms with van der Waals surface area (Å²) in [5, 5.41) is 13.9. The van der Waals surface area contributed by atoms with Gasteiger partial charge in [-0.3, -0.25) is 4.79 Å². The highest BCUT2D eigenvalue weighted by atomic mass is 16.5. The minimum absolute atomic E-state index is 0.149. The molecule has 0 aromatic rings. The highest BCUT2D eigenvalue weighted by molar-refractivity contribution is 5.81. The predicted octanol–water partition coefficient (Wildman–Crippen LogP) is -1.18. The highest BCUT2D eigenvalue weighted by Crippen LogP contribution is 2.11. The predicted molar refractivity (Wildman–Crippen MR) is 47.1 cm³/mol. The van der Waals surface area contributed by atoms with Crippen LogP contribution in [0.3, 0.4) is 0 Å². The number of hydrogen-bond acceptors (Lipinski definition) is 4. The van der Waals surface area contributed by atoms with Crippen LogP contribution in [0.4, 0.5) is 0 Å². The first-order valence-corrected chi connectivity index (χ1v) is 4.42. The second kappa shape index (κ2) is 5.16. The number of nitrogens with one attached hydrogen (secondary N) is 2. The minimum atomic E-state index is -0.311. The molecule has 0 bridgehead atoms. The van der Waals surface area contributed by atoms with Gasteiger partial charge in [-0.2, -0.15) is 0 Å². The summed E-state index contributed by atoms with van der Waals surface area (Å²) in [4.78, 5) is 11.3. The third-order valence-electron chi connectivity index (χ3n) is 2.26. The summed E-state index contributed by atoms with van der Waals surface area (Å²) < 4.78 is 5.17. The summed E-state index contributed by atoms with van der Waals surface area (Å²) >= 11 is 0. The third kappa shape index (κ3) is 2.95. The van der Waals surface area contributed by atoms with E-state index in [0.29, 0.717) is 6.42 Å². The quantitative estimate of drug-likeness (QED) is 0.488. The number of methoxy groups -OCH3 is 1. The standard InChI is InChI=1S/C8H16N2O3/c1-13-6-2-3-9-7(4-6)8(12)10-5-11/h6-7,9,11H,2-5H2,1H3,(H,10,12). The first kappa shape index (κ1) is 10.4. The summed E-state index contributed by atoms with van der Waals surface area (Å²) in [6.07, 6.45) is 1.75. The second-order valence-electron chi connectivity index (χ2n) is 3.09. The van der Waals surface area contributed by atoms with E-state index in [-0.39, 0.29) is 24.8 Å². The molecule has 2 unspecified atom stereocenters. The van der Waals surface area contributed by atoms with E-state index in [0.717, 1.165) is 13.0 Å². The van der Waals surface area contributed by atoms with Gasteiger partial charge in [-0.25, -0.2) is 0 Å². The van der Waals surface area contributed by atoms with Crippen molar-refractivity contribution >= 4 is 5.91 Å². The van der Waals surface area contributed by atoms with E-state index in [2.05, 4.69) is 10.6 Å². The zero-order chi connectivity index (χ0) is 9.68. The molecule has 13 heavy (non-hydrogen) atoms. The van der Waals surface area contributed by atoms with Crippen LogP contribution in [0.15, 0.2) is 0 Å².